The lowest BCUT2D eigenvalue weighted by Crippen LogP contribution is -2.28. The van der Waals surface area contributed by atoms with Crippen LogP contribution in [0.3, 0.4) is 0 Å². The average Bonchev–Trinajstić information content (AvgIpc) is 2.82. The van der Waals surface area contributed by atoms with Gasteiger partial charge in [-0.2, -0.15) is 4.57 Å². The van der Waals surface area contributed by atoms with Gasteiger partial charge in [-0.25, -0.2) is 0 Å². The van der Waals surface area contributed by atoms with Crippen molar-refractivity contribution in [3.8, 4) is 0 Å². The predicted molar refractivity (Wildman–Crippen MR) is 90.8 cm³/mol. The predicted octanol–water partition coefficient (Wildman–Crippen LogP) is 4.03. The number of aromatic nitrogens is 1. The largest absolute Gasteiger partial charge is 0.357 e. The molecule has 1 aliphatic rings. The van der Waals surface area contributed by atoms with Crippen molar-refractivity contribution in [3.63, 3.8) is 0 Å². The first-order chi connectivity index (χ1) is 10.1. The van der Waals surface area contributed by atoms with Crippen LogP contribution in [0.25, 0.3) is 16.3 Å². The van der Waals surface area contributed by atoms with Crippen LogP contribution in [0.1, 0.15) is 11.9 Å². The summed E-state index contributed by atoms with van der Waals surface area (Å²) in [4.78, 5) is 2.05. The van der Waals surface area contributed by atoms with Gasteiger partial charge in [0.05, 0.1) is 0 Å². The number of thiazole rings is 1. The molecule has 0 unspecified atom stereocenters. The summed E-state index contributed by atoms with van der Waals surface area (Å²) < 4.78 is 3.57. The quantitative estimate of drug-likeness (QED) is 0.759. The number of allylic oxidation sites excluding steroid dienone is 5. The Balaban J connectivity index is 1.91. The first-order valence-electron chi connectivity index (χ1n) is 7.00. The van der Waals surface area contributed by atoms with Gasteiger partial charge in [0.15, 0.2) is 0 Å². The van der Waals surface area contributed by atoms with Gasteiger partial charge in [0, 0.05) is 31.6 Å². The molecule has 0 saturated heterocycles. The maximum absolute atomic E-state index is 2.24. The maximum Gasteiger partial charge on any atom is 0.262 e. The van der Waals surface area contributed by atoms with Gasteiger partial charge in [-0.1, -0.05) is 29.5 Å². The molecule has 0 N–H and O–H groups in total. The van der Waals surface area contributed by atoms with E-state index in [9.17, 15) is 0 Å². The average molecular weight is 295 g/mol. The Bertz CT molecular complexity index is 775. The van der Waals surface area contributed by atoms with Crippen molar-refractivity contribution in [2.24, 2.45) is 7.05 Å². The van der Waals surface area contributed by atoms with Crippen LogP contribution in [0.5, 0.6) is 0 Å². The Morgan fingerprint density at radius 1 is 1.19 bits per heavy atom. The Hall–Kier alpha value is -2.13. The zero-order chi connectivity index (χ0) is 14.8. The van der Waals surface area contributed by atoms with Gasteiger partial charge in [-0.15, -0.1) is 0 Å². The number of hydrogen-bond acceptors (Lipinski definition) is 2. The fourth-order valence-electron chi connectivity index (χ4n) is 2.32. The second kappa shape index (κ2) is 5.70. The van der Waals surface area contributed by atoms with Crippen molar-refractivity contribution in [1.29, 1.82) is 0 Å². The number of hydrogen-bond donors (Lipinski definition) is 0. The highest BCUT2D eigenvalue weighted by Gasteiger charge is 2.13. The molecule has 0 spiro atoms. The smallest absolute Gasteiger partial charge is 0.262 e. The van der Waals surface area contributed by atoms with E-state index in [-0.39, 0.29) is 0 Å². The van der Waals surface area contributed by atoms with Crippen molar-refractivity contribution in [1.82, 2.24) is 4.90 Å². The molecule has 2 aromatic rings. The molecule has 21 heavy (non-hydrogen) atoms. The molecule has 3 heteroatoms. The minimum atomic E-state index is 1.26. The van der Waals surface area contributed by atoms with Crippen LogP contribution >= 0.6 is 11.3 Å². The van der Waals surface area contributed by atoms with Gasteiger partial charge in [-0.05, 0) is 36.3 Å². The van der Waals surface area contributed by atoms with Crippen molar-refractivity contribution >= 4 is 27.6 Å². The highest BCUT2D eigenvalue weighted by molar-refractivity contribution is 7.18. The van der Waals surface area contributed by atoms with Gasteiger partial charge in [0.1, 0.15) is 11.7 Å². The summed E-state index contributed by atoms with van der Waals surface area (Å²) in [6, 6.07) is 8.51. The van der Waals surface area contributed by atoms with E-state index in [0.29, 0.717) is 0 Å². The molecule has 1 aliphatic heterocycles. The first kappa shape index (κ1) is 13.8. The molecule has 106 valence electrons. The van der Waals surface area contributed by atoms with E-state index in [1.807, 2.05) is 23.3 Å². The van der Waals surface area contributed by atoms with Gasteiger partial charge in [0.2, 0.25) is 5.52 Å². The SMILES string of the molecule is CC(/C=C/c1sc2ccccc2[n+]1C)=C1C=CN(C)C=C1. The van der Waals surface area contributed by atoms with Gasteiger partial charge < -0.3 is 4.90 Å². The monoisotopic (exact) mass is 295 g/mol. The normalized spacial score (nSPS) is 14.6. The second-order valence-corrected chi connectivity index (χ2v) is 6.30. The number of aryl methyl sites for hydroxylation is 1. The molecule has 3 rings (SSSR count). The van der Waals surface area contributed by atoms with Crippen LogP contribution in [0.2, 0.25) is 0 Å². The van der Waals surface area contributed by atoms with Crippen molar-refractivity contribution in [2.75, 3.05) is 7.05 Å². The lowest BCUT2D eigenvalue weighted by atomic mass is 10.1. The standard InChI is InChI=1S/C18H19N2S/c1-14(15-10-12-19(2)13-11-15)8-9-18-20(3)16-6-4-5-7-17(16)21-18/h4-13H,1-3H3/q+1. The molecule has 0 atom stereocenters. The van der Waals surface area contributed by atoms with Gasteiger partial charge >= 0.3 is 0 Å². The summed E-state index contributed by atoms with van der Waals surface area (Å²) >= 11 is 1.82. The van der Waals surface area contributed by atoms with Crippen LogP contribution in [0.4, 0.5) is 0 Å². The minimum absolute atomic E-state index is 1.26. The fraction of sp³-hybridized carbons (Fsp3) is 0.167. The maximum atomic E-state index is 2.24. The van der Waals surface area contributed by atoms with Crippen LogP contribution in [-0.4, -0.2) is 11.9 Å². The molecular formula is C18H19N2S+. The van der Waals surface area contributed by atoms with Gasteiger partial charge in [0.25, 0.3) is 5.01 Å². The highest BCUT2D eigenvalue weighted by Crippen LogP contribution is 2.21. The molecule has 0 bridgehead atoms. The van der Waals surface area contributed by atoms with Gasteiger partial charge in [-0.3, -0.25) is 0 Å². The number of rotatable bonds is 2. The third kappa shape index (κ3) is 2.83. The molecule has 0 radical (unpaired) electrons. The third-order valence-electron chi connectivity index (χ3n) is 3.68. The van der Waals surface area contributed by atoms with E-state index in [2.05, 4.69) is 79.5 Å². The Labute approximate surface area is 129 Å². The van der Waals surface area contributed by atoms with Crippen molar-refractivity contribution < 1.29 is 4.57 Å². The fourth-order valence-corrected chi connectivity index (χ4v) is 3.38. The van der Waals surface area contributed by atoms with E-state index in [1.165, 1.54) is 26.4 Å². The Morgan fingerprint density at radius 2 is 1.90 bits per heavy atom. The number of benzene rings is 1. The third-order valence-corrected chi connectivity index (χ3v) is 4.87. The van der Waals surface area contributed by atoms with Crippen LogP contribution in [-0.2, 0) is 7.05 Å². The van der Waals surface area contributed by atoms with Crippen molar-refractivity contribution in [2.45, 2.75) is 6.92 Å². The topological polar surface area (TPSA) is 7.12 Å². The lowest BCUT2D eigenvalue weighted by Gasteiger charge is -2.12. The molecule has 0 aliphatic carbocycles. The van der Waals surface area contributed by atoms with Crippen molar-refractivity contribution in [3.05, 3.63) is 71.0 Å². The lowest BCUT2D eigenvalue weighted by molar-refractivity contribution is -0.642. The van der Waals surface area contributed by atoms with Crippen LogP contribution in [0.15, 0.2) is 66.0 Å². The summed E-state index contributed by atoms with van der Waals surface area (Å²) in [7, 11) is 4.16. The number of fused-ring (bicyclic) bond motifs is 1. The summed E-state index contributed by atoms with van der Waals surface area (Å²) in [6.07, 6.45) is 12.8. The highest BCUT2D eigenvalue weighted by atomic mass is 32.1. The van der Waals surface area contributed by atoms with E-state index >= 15 is 0 Å². The number of para-hydroxylation sites is 1. The van der Waals surface area contributed by atoms with Crippen LogP contribution < -0.4 is 4.57 Å². The minimum Gasteiger partial charge on any atom is -0.357 e. The summed E-state index contributed by atoms with van der Waals surface area (Å²) in [6.45, 7) is 2.15. The summed E-state index contributed by atoms with van der Waals surface area (Å²) in [5.41, 5.74) is 3.81. The van der Waals surface area contributed by atoms with E-state index in [1.54, 1.807) is 0 Å². The Morgan fingerprint density at radius 3 is 2.62 bits per heavy atom. The summed E-state index contributed by atoms with van der Waals surface area (Å²) in [5.74, 6) is 0. The molecule has 2 nitrogen and oxygen atoms in total. The molecular weight excluding hydrogens is 276 g/mol. The molecule has 0 amide bonds. The van der Waals surface area contributed by atoms with E-state index in [0.717, 1.165) is 0 Å². The van der Waals surface area contributed by atoms with E-state index in [4.69, 9.17) is 0 Å². The Kier molecular flexibility index (Phi) is 3.76. The molecule has 1 aromatic carbocycles. The zero-order valence-electron chi connectivity index (χ0n) is 12.6. The van der Waals surface area contributed by atoms with Crippen LogP contribution in [0, 0.1) is 0 Å². The summed E-state index contributed by atoms with van der Waals surface area (Å²) in [5, 5.41) is 1.26. The molecule has 0 saturated carbocycles. The first-order valence-corrected chi connectivity index (χ1v) is 7.81. The van der Waals surface area contributed by atoms with E-state index < -0.39 is 0 Å². The molecule has 0 fully saturated rings. The molecule has 1 aromatic heterocycles. The second-order valence-electron chi connectivity index (χ2n) is 5.24. The number of nitrogens with zero attached hydrogens (tertiary/aromatic N) is 2. The molecule has 2 heterocycles. The zero-order valence-corrected chi connectivity index (χ0v) is 13.4.